The van der Waals surface area contributed by atoms with Crippen LogP contribution in [-0.2, 0) is 19.1 Å². The lowest BCUT2D eigenvalue weighted by molar-refractivity contribution is -0.156. The molecule has 0 amide bonds. The van der Waals surface area contributed by atoms with E-state index in [1.54, 1.807) is 6.92 Å². The smallest absolute Gasteiger partial charge is 0.308 e. The van der Waals surface area contributed by atoms with Crippen LogP contribution in [0.15, 0.2) is 0 Å². The molecule has 140 valence electrons. The molecule has 0 aromatic heterocycles. The molecule has 3 atom stereocenters. The van der Waals surface area contributed by atoms with Crippen LogP contribution in [0.3, 0.4) is 0 Å². The van der Waals surface area contributed by atoms with Gasteiger partial charge in [-0.2, -0.15) is 0 Å². The first-order valence-electron chi connectivity index (χ1n) is 9.42. The Hall–Kier alpha value is -1.10. The molecule has 0 radical (unpaired) electrons. The normalized spacial score (nSPS) is 24.7. The Balaban J connectivity index is 2.37. The number of carbonyl (C=O) groups excluding carboxylic acids is 2. The first-order valence-corrected chi connectivity index (χ1v) is 9.42. The third-order valence-corrected chi connectivity index (χ3v) is 4.95. The minimum Gasteiger partial charge on any atom is -0.466 e. The summed E-state index contributed by atoms with van der Waals surface area (Å²) in [6, 6.07) is 0. The van der Waals surface area contributed by atoms with Gasteiger partial charge in [-0.05, 0) is 64.7 Å². The third-order valence-electron chi connectivity index (χ3n) is 4.95. The molecule has 1 aliphatic rings. The number of aliphatic hydroxyl groups is 1. The summed E-state index contributed by atoms with van der Waals surface area (Å²) in [5, 5.41) is 9.55. The molecule has 3 unspecified atom stereocenters. The standard InChI is InChI=1S/C19H34O5/c1-5-16(19(22)23-6-2)11-13(3)18(21)24-14(4)12-15-7-9-17(20)10-8-15/h13-17,20H,5-12H2,1-4H3. The van der Waals surface area contributed by atoms with Gasteiger partial charge in [-0.25, -0.2) is 0 Å². The minimum absolute atomic E-state index is 0.122. The molecule has 1 rings (SSSR count). The number of ether oxygens (including phenoxy) is 2. The summed E-state index contributed by atoms with van der Waals surface area (Å²) in [6.07, 6.45) is 5.39. The Bertz CT molecular complexity index is 387. The first-order chi connectivity index (χ1) is 11.4. The van der Waals surface area contributed by atoms with Crippen molar-refractivity contribution in [2.45, 2.75) is 84.8 Å². The molecule has 1 N–H and O–H groups in total. The second kappa shape index (κ2) is 10.7. The van der Waals surface area contributed by atoms with Crippen LogP contribution in [0.4, 0.5) is 0 Å². The van der Waals surface area contributed by atoms with Gasteiger partial charge < -0.3 is 14.6 Å². The van der Waals surface area contributed by atoms with Crippen molar-refractivity contribution in [1.82, 2.24) is 0 Å². The summed E-state index contributed by atoms with van der Waals surface area (Å²) in [7, 11) is 0. The van der Waals surface area contributed by atoms with E-state index in [1.807, 2.05) is 20.8 Å². The number of hydrogen-bond donors (Lipinski definition) is 1. The predicted octanol–water partition coefficient (Wildman–Crippen LogP) is 3.47. The summed E-state index contributed by atoms with van der Waals surface area (Å²) in [4.78, 5) is 24.1. The van der Waals surface area contributed by atoms with Gasteiger partial charge in [-0.1, -0.05) is 13.8 Å². The van der Waals surface area contributed by atoms with Gasteiger partial charge in [0.15, 0.2) is 0 Å². The molecule has 0 aromatic rings. The first kappa shape index (κ1) is 20.9. The van der Waals surface area contributed by atoms with Crippen LogP contribution in [0.5, 0.6) is 0 Å². The Morgan fingerprint density at radius 3 is 2.25 bits per heavy atom. The maximum absolute atomic E-state index is 12.3. The van der Waals surface area contributed by atoms with Crippen LogP contribution >= 0.6 is 0 Å². The molecule has 24 heavy (non-hydrogen) atoms. The highest BCUT2D eigenvalue weighted by Crippen LogP contribution is 2.29. The molecule has 1 fully saturated rings. The van der Waals surface area contributed by atoms with E-state index in [4.69, 9.17) is 9.47 Å². The van der Waals surface area contributed by atoms with Crippen molar-refractivity contribution in [3.63, 3.8) is 0 Å². The third kappa shape index (κ3) is 7.20. The second-order valence-electron chi connectivity index (χ2n) is 7.15. The van der Waals surface area contributed by atoms with E-state index in [2.05, 4.69) is 0 Å². The van der Waals surface area contributed by atoms with Crippen molar-refractivity contribution in [2.24, 2.45) is 17.8 Å². The zero-order valence-corrected chi connectivity index (χ0v) is 15.6. The molecular weight excluding hydrogens is 308 g/mol. The van der Waals surface area contributed by atoms with Gasteiger partial charge in [0.2, 0.25) is 0 Å². The summed E-state index contributed by atoms with van der Waals surface area (Å²) >= 11 is 0. The van der Waals surface area contributed by atoms with Crippen molar-refractivity contribution >= 4 is 11.9 Å². The highest BCUT2D eigenvalue weighted by Gasteiger charge is 2.27. The van der Waals surface area contributed by atoms with Gasteiger partial charge in [0.1, 0.15) is 0 Å². The van der Waals surface area contributed by atoms with E-state index in [1.165, 1.54) is 0 Å². The molecule has 0 spiro atoms. The zero-order chi connectivity index (χ0) is 18.1. The Labute approximate surface area is 146 Å². The summed E-state index contributed by atoms with van der Waals surface area (Å²) in [6.45, 7) is 7.82. The van der Waals surface area contributed by atoms with Crippen LogP contribution in [0, 0.1) is 17.8 Å². The van der Waals surface area contributed by atoms with E-state index < -0.39 is 0 Å². The van der Waals surface area contributed by atoms with Gasteiger partial charge in [-0.15, -0.1) is 0 Å². The van der Waals surface area contributed by atoms with Gasteiger partial charge in [0.05, 0.1) is 30.7 Å². The molecule has 1 aliphatic carbocycles. The lowest BCUT2D eigenvalue weighted by Crippen LogP contribution is -2.28. The fourth-order valence-corrected chi connectivity index (χ4v) is 3.43. The van der Waals surface area contributed by atoms with E-state index >= 15 is 0 Å². The van der Waals surface area contributed by atoms with Gasteiger partial charge >= 0.3 is 11.9 Å². The molecule has 0 aliphatic heterocycles. The zero-order valence-electron chi connectivity index (χ0n) is 15.6. The number of carbonyl (C=O) groups is 2. The van der Waals surface area contributed by atoms with Crippen LogP contribution in [0.25, 0.3) is 0 Å². The van der Waals surface area contributed by atoms with Crippen molar-refractivity contribution in [3.8, 4) is 0 Å². The second-order valence-corrected chi connectivity index (χ2v) is 7.15. The van der Waals surface area contributed by atoms with Gasteiger partial charge in [0.25, 0.3) is 0 Å². The molecule has 0 aromatic carbocycles. The van der Waals surface area contributed by atoms with E-state index in [-0.39, 0.29) is 36.0 Å². The van der Waals surface area contributed by atoms with Crippen molar-refractivity contribution in [2.75, 3.05) is 6.61 Å². The fourth-order valence-electron chi connectivity index (χ4n) is 3.43. The Kier molecular flexibility index (Phi) is 9.34. The van der Waals surface area contributed by atoms with Crippen LogP contribution in [-0.4, -0.2) is 35.9 Å². The maximum Gasteiger partial charge on any atom is 0.308 e. The highest BCUT2D eigenvalue weighted by molar-refractivity contribution is 5.75. The van der Waals surface area contributed by atoms with Gasteiger partial charge in [-0.3, -0.25) is 9.59 Å². The minimum atomic E-state index is -0.310. The Morgan fingerprint density at radius 2 is 1.71 bits per heavy atom. The largest absolute Gasteiger partial charge is 0.466 e. The Morgan fingerprint density at radius 1 is 1.08 bits per heavy atom. The molecule has 0 heterocycles. The lowest BCUT2D eigenvalue weighted by atomic mass is 9.84. The van der Waals surface area contributed by atoms with Crippen molar-refractivity contribution < 1.29 is 24.2 Å². The maximum atomic E-state index is 12.3. The average molecular weight is 342 g/mol. The SMILES string of the molecule is CCOC(=O)C(CC)CC(C)C(=O)OC(C)CC1CCC(O)CC1. The summed E-state index contributed by atoms with van der Waals surface area (Å²) in [5.74, 6) is -0.499. The van der Waals surface area contributed by atoms with Crippen LogP contribution < -0.4 is 0 Å². The number of hydrogen-bond acceptors (Lipinski definition) is 5. The van der Waals surface area contributed by atoms with Gasteiger partial charge in [0, 0.05) is 0 Å². The topological polar surface area (TPSA) is 72.8 Å². The van der Waals surface area contributed by atoms with E-state index in [0.29, 0.717) is 25.4 Å². The quantitative estimate of drug-likeness (QED) is 0.650. The van der Waals surface area contributed by atoms with E-state index in [9.17, 15) is 14.7 Å². The molecule has 5 heteroatoms. The van der Waals surface area contributed by atoms with Crippen LogP contribution in [0.2, 0.25) is 0 Å². The average Bonchev–Trinajstić information content (AvgIpc) is 2.54. The summed E-state index contributed by atoms with van der Waals surface area (Å²) in [5.41, 5.74) is 0. The monoisotopic (exact) mass is 342 g/mol. The fraction of sp³-hybridized carbons (Fsp3) is 0.895. The van der Waals surface area contributed by atoms with Crippen molar-refractivity contribution in [3.05, 3.63) is 0 Å². The van der Waals surface area contributed by atoms with Crippen LogP contribution in [0.1, 0.15) is 72.6 Å². The summed E-state index contributed by atoms with van der Waals surface area (Å²) < 4.78 is 10.6. The number of rotatable bonds is 9. The number of aliphatic hydroxyl groups excluding tert-OH is 1. The molecule has 5 nitrogen and oxygen atoms in total. The molecule has 0 bridgehead atoms. The number of esters is 2. The van der Waals surface area contributed by atoms with E-state index in [0.717, 1.165) is 32.1 Å². The highest BCUT2D eigenvalue weighted by atomic mass is 16.5. The lowest BCUT2D eigenvalue weighted by Gasteiger charge is -2.28. The molecule has 1 saturated carbocycles. The molecular formula is C19H34O5. The van der Waals surface area contributed by atoms with Crippen molar-refractivity contribution in [1.29, 1.82) is 0 Å². The molecule has 0 saturated heterocycles. The predicted molar refractivity (Wildman–Crippen MR) is 92.3 cm³/mol.